The quantitative estimate of drug-likeness (QED) is 0.753. The number of nitrogens with zero attached hydrogens (tertiary/aromatic N) is 1. The van der Waals surface area contributed by atoms with E-state index in [0.717, 1.165) is 11.3 Å². The fourth-order valence-electron chi connectivity index (χ4n) is 2.18. The average Bonchev–Trinajstić information content (AvgIpc) is 2.99. The Hall–Kier alpha value is -2.29. The molecule has 0 fully saturated rings. The molecule has 1 atom stereocenters. The normalized spacial score (nSPS) is 11.8. The molecule has 1 heterocycles. The molecule has 0 saturated heterocycles. The Kier molecular flexibility index (Phi) is 4.77. The van der Waals surface area contributed by atoms with Crippen molar-refractivity contribution in [1.82, 2.24) is 4.90 Å². The summed E-state index contributed by atoms with van der Waals surface area (Å²) < 4.78 is 5.50. The molecule has 1 amide bonds. The molecule has 0 N–H and O–H groups in total. The molecule has 3 nitrogen and oxygen atoms in total. The van der Waals surface area contributed by atoms with Crippen LogP contribution >= 0.6 is 0 Å². The molecule has 104 valence electrons. The second-order valence-electron chi connectivity index (χ2n) is 4.75. The van der Waals surface area contributed by atoms with E-state index in [1.54, 1.807) is 24.3 Å². The maximum absolute atomic E-state index is 12.2. The first kappa shape index (κ1) is 14.1. The van der Waals surface area contributed by atoms with Crippen LogP contribution in [-0.4, -0.2) is 24.4 Å². The predicted octanol–water partition coefficient (Wildman–Crippen LogP) is 3.45. The molecule has 0 unspecified atom stereocenters. The molecule has 0 saturated carbocycles. The minimum Gasteiger partial charge on any atom is -0.469 e. The van der Waals surface area contributed by atoms with Crippen molar-refractivity contribution in [3.8, 4) is 0 Å². The molecular weight excluding hydrogens is 250 g/mol. The fraction of sp³-hybridized carbons (Fsp3) is 0.235. The van der Waals surface area contributed by atoms with E-state index in [1.807, 2.05) is 42.5 Å². The van der Waals surface area contributed by atoms with Crippen LogP contribution in [0.25, 0.3) is 0 Å². The Morgan fingerprint density at radius 2 is 2.05 bits per heavy atom. The maximum Gasteiger partial charge on any atom is 0.223 e. The predicted molar refractivity (Wildman–Crippen MR) is 79.4 cm³/mol. The van der Waals surface area contributed by atoms with Crippen LogP contribution in [0.5, 0.6) is 0 Å². The van der Waals surface area contributed by atoms with Crippen LogP contribution in [0.3, 0.4) is 0 Å². The van der Waals surface area contributed by atoms with E-state index in [1.165, 1.54) is 0 Å². The first-order valence-electron chi connectivity index (χ1n) is 6.65. The Morgan fingerprint density at radius 1 is 1.30 bits per heavy atom. The van der Waals surface area contributed by atoms with Gasteiger partial charge in [-0.05, 0) is 17.7 Å². The lowest BCUT2D eigenvalue weighted by atomic mass is 9.93. The van der Waals surface area contributed by atoms with Crippen LogP contribution in [0, 0.1) is 0 Å². The highest BCUT2D eigenvalue weighted by Gasteiger charge is 2.22. The zero-order valence-electron chi connectivity index (χ0n) is 11.7. The third-order valence-corrected chi connectivity index (χ3v) is 3.30. The van der Waals surface area contributed by atoms with Gasteiger partial charge in [-0.1, -0.05) is 36.4 Å². The Morgan fingerprint density at radius 3 is 2.65 bits per heavy atom. The number of hydrogen-bond acceptors (Lipinski definition) is 2. The molecule has 2 aromatic rings. The number of benzene rings is 1. The molecule has 3 heteroatoms. The Labute approximate surface area is 119 Å². The Bertz CT molecular complexity index is 546. The van der Waals surface area contributed by atoms with Gasteiger partial charge >= 0.3 is 0 Å². The van der Waals surface area contributed by atoms with Crippen LogP contribution in [0.2, 0.25) is 0 Å². The van der Waals surface area contributed by atoms with Gasteiger partial charge in [0.15, 0.2) is 0 Å². The highest BCUT2D eigenvalue weighted by molar-refractivity contribution is 5.77. The zero-order valence-corrected chi connectivity index (χ0v) is 11.7. The lowest BCUT2D eigenvalue weighted by molar-refractivity contribution is -0.129. The number of furan rings is 1. The smallest absolute Gasteiger partial charge is 0.223 e. The van der Waals surface area contributed by atoms with E-state index >= 15 is 0 Å². The summed E-state index contributed by atoms with van der Waals surface area (Å²) >= 11 is 0. The van der Waals surface area contributed by atoms with Crippen molar-refractivity contribution in [1.29, 1.82) is 0 Å². The van der Waals surface area contributed by atoms with E-state index < -0.39 is 0 Å². The lowest BCUT2D eigenvalue weighted by Crippen LogP contribution is -2.28. The molecule has 0 aliphatic rings. The van der Waals surface area contributed by atoms with E-state index in [-0.39, 0.29) is 11.8 Å². The standard InChI is InChI=1S/C17H19NO2/c1-3-11-18(2)17(19)13-15(16-10-7-12-20-16)14-8-5-4-6-9-14/h3-10,12,15H,1,11,13H2,2H3/t15-/m1/s1. The van der Waals surface area contributed by atoms with Gasteiger partial charge < -0.3 is 9.32 Å². The molecule has 0 bridgehead atoms. The average molecular weight is 269 g/mol. The van der Waals surface area contributed by atoms with Gasteiger partial charge in [-0.2, -0.15) is 0 Å². The topological polar surface area (TPSA) is 33.5 Å². The maximum atomic E-state index is 12.2. The van der Waals surface area contributed by atoms with Crippen molar-refractivity contribution in [2.75, 3.05) is 13.6 Å². The SMILES string of the molecule is C=CCN(C)C(=O)C[C@H](c1ccccc1)c1ccco1. The molecule has 0 aliphatic heterocycles. The first-order chi connectivity index (χ1) is 9.72. The number of rotatable bonds is 6. The summed E-state index contributed by atoms with van der Waals surface area (Å²) in [6, 6.07) is 13.7. The molecule has 0 aliphatic carbocycles. The van der Waals surface area contributed by atoms with Crippen LogP contribution in [0.1, 0.15) is 23.7 Å². The second-order valence-corrected chi connectivity index (χ2v) is 4.75. The fourth-order valence-corrected chi connectivity index (χ4v) is 2.18. The van der Waals surface area contributed by atoms with Gasteiger partial charge in [-0.3, -0.25) is 4.79 Å². The van der Waals surface area contributed by atoms with Crippen LogP contribution in [0.4, 0.5) is 0 Å². The summed E-state index contributed by atoms with van der Waals surface area (Å²) in [4.78, 5) is 13.9. The largest absolute Gasteiger partial charge is 0.469 e. The van der Waals surface area contributed by atoms with Crippen LogP contribution in [-0.2, 0) is 4.79 Å². The van der Waals surface area contributed by atoms with Crippen molar-refractivity contribution >= 4 is 5.91 Å². The summed E-state index contributed by atoms with van der Waals surface area (Å²) in [7, 11) is 1.79. The molecule has 0 radical (unpaired) electrons. The van der Waals surface area contributed by atoms with E-state index in [9.17, 15) is 4.79 Å². The molecule has 2 rings (SSSR count). The number of carbonyl (C=O) groups is 1. The number of hydrogen-bond donors (Lipinski definition) is 0. The molecule has 1 aromatic carbocycles. The van der Waals surface area contributed by atoms with Gasteiger partial charge in [0.2, 0.25) is 5.91 Å². The molecule has 20 heavy (non-hydrogen) atoms. The van der Waals surface area contributed by atoms with Crippen molar-refractivity contribution in [2.45, 2.75) is 12.3 Å². The van der Waals surface area contributed by atoms with Crippen LogP contribution in [0.15, 0.2) is 65.8 Å². The van der Waals surface area contributed by atoms with Gasteiger partial charge in [0, 0.05) is 20.0 Å². The molecular formula is C17H19NO2. The minimum atomic E-state index is -0.0500. The molecule has 0 spiro atoms. The van der Waals surface area contributed by atoms with Gasteiger partial charge in [0.25, 0.3) is 0 Å². The van der Waals surface area contributed by atoms with Gasteiger partial charge in [0.05, 0.1) is 12.2 Å². The Balaban J connectivity index is 2.20. The van der Waals surface area contributed by atoms with E-state index in [0.29, 0.717) is 13.0 Å². The zero-order chi connectivity index (χ0) is 14.4. The summed E-state index contributed by atoms with van der Waals surface area (Å²) in [6.45, 7) is 4.21. The van der Waals surface area contributed by atoms with Gasteiger partial charge in [0.1, 0.15) is 5.76 Å². The van der Waals surface area contributed by atoms with Crippen LogP contribution < -0.4 is 0 Å². The third-order valence-electron chi connectivity index (χ3n) is 3.30. The van der Waals surface area contributed by atoms with Crippen molar-refractivity contribution in [3.63, 3.8) is 0 Å². The summed E-state index contributed by atoms with van der Waals surface area (Å²) in [5, 5.41) is 0. The highest BCUT2D eigenvalue weighted by atomic mass is 16.3. The van der Waals surface area contributed by atoms with Crippen molar-refractivity contribution in [2.24, 2.45) is 0 Å². The lowest BCUT2D eigenvalue weighted by Gasteiger charge is -2.19. The summed E-state index contributed by atoms with van der Waals surface area (Å²) in [5.74, 6) is 0.845. The monoisotopic (exact) mass is 269 g/mol. The van der Waals surface area contributed by atoms with E-state index in [2.05, 4.69) is 6.58 Å². The first-order valence-corrected chi connectivity index (χ1v) is 6.65. The van der Waals surface area contributed by atoms with Crippen molar-refractivity contribution < 1.29 is 9.21 Å². The second kappa shape index (κ2) is 6.75. The van der Waals surface area contributed by atoms with Crippen molar-refractivity contribution in [3.05, 3.63) is 72.7 Å². The number of amides is 1. The number of carbonyl (C=O) groups excluding carboxylic acids is 1. The number of likely N-dealkylation sites (N-methyl/N-ethyl adjacent to an activating group) is 1. The summed E-state index contributed by atoms with van der Waals surface area (Å²) in [5.41, 5.74) is 1.09. The molecule has 1 aromatic heterocycles. The summed E-state index contributed by atoms with van der Waals surface area (Å²) in [6.07, 6.45) is 3.76. The third kappa shape index (κ3) is 3.38. The minimum absolute atomic E-state index is 0.0500. The van der Waals surface area contributed by atoms with E-state index in [4.69, 9.17) is 4.42 Å². The van der Waals surface area contributed by atoms with Gasteiger partial charge in [-0.25, -0.2) is 0 Å². The highest BCUT2D eigenvalue weighted by Crippen LogP contribution is 2.28. The van der Waals surface area contributed by atoms with Gasteiger partial charge in [-0.15, -0.1) is 6.58 Å².